The van der Waals surface area contributed by atoms with E-state index in [0.717, 1.165) is 32.1 Å². The van der Waals surface area contributed by atoms with Crippen LogP contribution in [0.2, 0.25) is 0 Å². The molecule has 3 unspecified atom stereocenters. The van der Waals surface area contributed by atoms with Crippen molar-refractivity contribution in [3.05, 3.63) is 0 Å². The first-order valence-electron chi connectivity index (χ1n) is 12.0. The summed E-state index contributed by atoms with van der Waals surface area (Å²) >= 11 is 0. The maximum absolute atomic E-state index is 12.8. The van der Waals surface area contributed by atoms with Crippen LogP contribution in [0.25, 0.3) is 0 Å². The van der Waals surface area contributed by atoms with Gasteiger partial charge in [-0.25, -0.2) is 0 Å². The summed E-state index contributed by atoms with van der Waals surface area (Å²) in [5.41, 5.74) is -0.804. The van der Waals surface area contributed by atoms with Crippen LogP contribution in [-0.2, 0) is 19.1 Å². The van der Waals surface area contributed by atoms with Crippen LogP contribution in [-0.4, -0.2) is 23.1 Å². The fraction of sp³-hybridized carbons (Fsp3) is 0.920. The van der Waals surface area contributed by atoms with E-state index < -0.39 is 5.60 Å². The highest BCUT2D eigenvalue weighted by Crippen LogP contribution is 2.41. The van der Waals surface area contributed by atoms with Crippen molar-refractivity contribution in [3.63, 3.8) is 0 Å². The quantitative estimate of drug-likeness (QED) is 0.433. The fourth-order valence-corrected chi connectivity index (χ4v) is 5.26. The van der Waals surface area contributed by atoms with Crippen LogP contribution < -0.4 is 0 Å². The number of ether oxygens (including phenoxy) is 2. The van der Waals surface area contributed by atoms with Crippen molar-refractivity contribution >= 4 is 11.9 Å². The molecule has 0 bridgehead atoms. The highest BCUT2D eigenvalue weighted by atomic mass is 16.6. The lowest BCUT2D eigenvalue weighted by molar-refractivity contribution is -0.171. The normalized spacial score (nSPS) is 26.0. The summed E-state index contributed by atoms with van der Waals surface area (Å²) in [4.78, 5) is 24.9. The van der Waals surface area contributed by atoms with Crippen LogP contribution in [0.4, 0.5) is 0 Å². The van der Waals surface area contributed by atoms with E-state index in [-0.39, 0.29) is 23.5 Å². The number of hydrogen-bond donors (Lipinski definition) is 0. The van der Waals surface area contributed by atoms with Gasteiger partial charge in [0.1, 0.15) is 11.2 Å². The lowest BCUT2D eigenvalue weighted by Crippen LogP contribution is -2.42. The highest BCUT2D eigenvalue weighted by Gasteiger charge is 2.40. The van der Waals surface area contributed by atoms with Gasteiger partial charge in [-0.15, -0.1) is 0 Å². The van der Waals surface area contributed by atoms with Crippen LogP contribution in [0.15, 0.2) is 0 Å². The van der Waals surface area contributed by atoms with Gasteiger partial charge in [-0.3, -0.25) is 9.59 Å². The van der Waals surface area contributed by atoms with E-state index in [1.807, 2.05) is 27.7 Å². The monoisotopic (exact) mass is 408 g/mol. The molecule has 2 aliphatic rings. The van der Waals surface area contributed by atoms with E-state index in [4.69, 9.17) is 9.47 Å². The second-order valence-electron chi connectivity index (χ2n) is 10.6. The van der Waals surface area contributed by atoms with Crippen LogP contribution in [0, 0.1) is 23.7 Å². The van der Waals surface area contributed by atoms with Crippen molar-refractivity contribution < 1.29 is 19.1 Å². The Balaban J connectivity index is 1.91. The second kappa shape index (κ2) is 10.3. The average Bonchev–Trinajstić information content (AvgIpc) is 2.68. The largest absolute Gasteiger partial charge is 0.459 e. The van der Waals surface area contributed by atoms with Crippen molar-refractivity contribution in [2.24, 2.45) is 23.7 Å². The lowest BCUT2D eigenvalue weighted by Gasteiger charge is -2.41. The zero-order valence-electron chi connectivity index (χ0n) is 19.7. The third-order valence-corrected chi connectivity index (χ3v) is 7.57. The molecule has 2 saturated carbocycles. The van der Waals surface area contributed by atoms with E-state index >= 15 is 0 Å². The van der Waals surface area contributed by atoms with Gasteiger partial charge in [0.15, 0.2) is 0 Å². The first kappa shape index (κ1) is 24.2. The minimum absolute atomic E-state index is 0.0393. The molecule has 168 valence electrons. The Kier molecular flexibility index (Phi) is 8.60. The SMILES string of the molecule is CCC(C)(OC(=O)CC1CCCC(C(C)(C)OC(=O)C(C)C)C1)C1CCCCC1. The van der Waals surface area contributed by atoms with E-state index in [0.29, 0.717) is 24.2 Å². The second-order valence-corrected chi connectivity index (χ2v) is 10.6. The molecule has 4 heteroatoms. The standard InChI is InChI=1S/C25H44O4/c1-7-25(6,20-13-9-8-10-14-20)28-22(26)17-19-12-11-15-21(16-19)24(4,5)29-23(27)18(2)3/h18-21H,7-17H2,1-6H3. The van der Waals surface area contributed by atoms with Crippen molar-refractivity contribution in [2.45, 2.75) is 123 Å². The molecular weight excluding hydrogens is 364 g/mol. The zero-order chi connectivity index (χ0) is 21.7. The summed E-state index contributed by atoms with van der Waals surface area (Å²) in [6.45, 7) is 12.1. The number of hydrogen-bond acceptors (Lipinski definition) is 4. The van der Waals surface area contributed by atoms with Crippen LogP contribution in [0.5, 0.6) is 0 Å². The summed E-state index contributed by atoms with van der Waals surface area (Å²) in [7, 11) is 0. The molecule has 2 aliphatic carbocycles. The number of carbonyl (C=O) groups is 2. The van der Waals surface area contributed by atoms with Gasteiger partial charge in [0.05, 0.1) is 5.92 Å². The van der Waals surface area contributed by atoms with Gasteiger partial charge in [0, 0.05) is 6.42 Å². The van der Waals surface area contributed by atoms with Gasteiger partial charge >= 0.3 is 11.9 Å². The molecule has 3 atom stereocenters. The van der Waals surface area contributed by atoms with Crippen LogP contribution >= 0.6 is 0 Å². The molecule has 2 rings (SSSR count). The first-order valence-corrected chi connectivity index (χ1v) is 12.0. The maximum atomic E-state index is 12.8. The van der Waals surface area contributed by atoms with E-state index in [1.165, 1.54) is 32.1 Å². The first-order chi connectivity index (χ1) is 13.6. The van der Waals surface area contributed by atoms with E-state index in [1.54, 1.807) is 0 Å². The summed E-state index contributed by atoms with van der Waals surface area (Å²) in [5.74, 6) is 0.831. The van der Waals surface area contributed by atoms with Gasteiger partial charge in [-0.1, -0.05) is 46.5 Å². The number of esters is 2. The molecule has 0 saturated heterocycles. The molecule has 29 heavy (non-hydrogen) atoms. The summed E-state index contributed by atoms with van der Waals surface area (Å²) < 4.78 is 11.9. The lowest BCUT2D eigenvalue weighted by atomic mass is 9.73. The van der Waals surface area contributed by atoms with Gasteiger partial charge in [-0.2, -0.15) is 0 Å². The van der Waals surface area contributed by atoms with Crippen LogP contribution in [0.3, 0.4) is 0 Å². The van der Waals surface area contributed by atoms with Crippen LogP contribution in [0.1, 0.15) is 112 Å². The minimum atomic E-state index is -0.482. The molecule has 0 aromatic carbocycles. The third-order valence-electron chi connectivity index (χ3n) is 7.57. The molecule has 0 spiro atoms. The Morgan fingerprint density at radius 1 is 0.897 bits per heavy atom. The Morgan fingerprint density at radius 2 is 1.52 bits per heavy atom. The van der Waals surface area contributed by atoms with Crippen molar-refractivity contribution in [1.82, 2.24) is 0 Å². The third kappa shape index (κ3) is 6.72. The van der Waals surface area contributed by atoms with Crippen molar-refractivity contribution in [3.8, 4) is 0 Å². The summed E-state index contributed by atoms with van der Waals surface area (Å²) in [6, 6.07) is 0. The Labute approximate surface area is 178 Å². The zero-order valence-corrected chi connectivity index (χ0v) is 19.7. The topological polar surface area (TPSA) is 52.6 Å². The Bertz CT molecular complexity index is 547. The predicted molar refractivity (Wildman–Crippen MR) is 116 cm³/mol. The molecule has 0 aromatic heterocycles. The minimum Gasteiger partial charge on any atom is -0.459 e. The Morgan fingerprint density at radius 3 is 2.10 bits per heavy atom. The average molecular weight is 409 g/mol. The molecule has 0 amide bonds. The van der Waals surface area contributed by atoms with Crippen molar-refractivity contribution in [2.75, 3.05) is 0 Å². The predicted octanol–water partition coefficient (Wildman–Crippen LogP) is 6.45. The number of rotatable bonds is 8. The van der Waals surface area contributed by atoms with Gasteiger partial charge in [0.2, 0.25) is 0 Å². The molecule has 2 fully saturated rings. The van der Waals surface area contributed by atoms with Crippen molar-refractivity contribution in [1.29, 1.82) is 0 Å². The van der Waals surface area contributed by atoms with E-state index in [2.05, 4.69) is 13.8 Å². The smallest absolute Gasteiger partial charge is 0.308 e. The molecular formula is C25H44O4. The fourth-order valence-electron chi connectivity index (χ4n) is 5.26. The molecule has 0 radical (unpaired) electrons. The molecule has 0 heterocycles. The molecule has 0 aromatic rings. The summed E-state index contributed by atoms with van der Waals surface area (Å²) in [5, 5.41) is 0. The molecule has 0 N–H and O–H groups in total. The number of carbonyl (C=O) groups excluding carboxylic acids is 2. The summed E-state index contributed by atoms with van der Waals surface area (Å²) in [6.07, 6.45) is 11.7. The van der Waals surface area contributed by atoms with Gasteiger partial charge in [0.25, 0.3) is 0 Å². The molecule has 4 nitrogen and oxygen atoms in total. The van der Waals surface area contributed by atoms with Gasteiger partial charge in [-0.05, 0) is 77.0 Å². The van der Waals surface area contributed by atoms with E-state index in [9.17, 15) is 9.59 Å². The van der Waals surface area contributed by atoms with Gasteiger partial charge < -0.3 is 9.47 Å². The maximum Gasteiger partial charge on any atom is 0.308 e. The molecule has 0 aliphatic heterocycles. The Hall–Kier alpha value is -1.06. The highest BCUT2D eigenvalue weighted by molar-refractivity contribution is 5.72.